The van der Waals surface area contributed by atoms with E-state index in [1.807, 2.05) is 0 Å². The van der Waals surface area contributed by atoms with E-state index in [0.717, 1.165) is 15.9 Å². The Bertz CT molecular complexity index is 797. The molecule has 6 nitrogen and oxygen atoms in total. The van der Waals surface area contributed by atoms with Crippen molar-refractivity contribution in [1.82, 2.24) is 9.13 Å². The molecule has 0 bridgehead atoms. The van der Waals surface area contributed by atoms with Crippen LogP contribution in [0.15, 0.2) is 9.59 Å². The number of hydrogen-bond donors (Lipinski definition) is 0. The van der Waals surface area contributed by atoms with Crippen LogP contribution in [0.3, 0.4) is 0 Å². The maximum Gasteiger partial charge on any atom is 0.348 e. The summed E-state index contributed by atoms with van der Waals surface area (Å²) in [7, 11) is 1.60. The molecule has 0 aliphatic carbocycles. The smallest absolute Gasteiger partial charge is 0.348 e. The summed E-state index contributed by atoms with van der Waals surface area (Å²) >= 11 is 1.12. The van der Waals surface area contributed by atoms with Crippen molar-refractivity contribution in [3.63, 3.8) is 0 Å². The maximum absolute atomic E-state index is 12.4. The van der Waals surface area contributed by atoms with Crippen molar-refractivity contribution in [1.29, 1.82) is 0 Å². The fourth-order valence-corrected chi connectivity index (χ4v) is 3.29. The maximum atomic E-state index is 12.4. The molecule has 20 heavy (non-hydrogen) atoms. The first-order chi connectivity index (χ1) is 9.43. The van der Waals surface area contributed by atoms with Crippen LogP contribution in [0.2, 0.25) is 0 Å². The van der Waals surface area contributed by atoms with Crippen LogP contribution < -0.4 is 11.2 Å². The van der Waals surface area contributed by atoms with E-state index in [1.54, 1.807) is 27.8 Å². The first-order valence-corrected chi connectivity index (χ1v) is 7.15. The van der Waals surface area contributed by atoms with Gasteiger partial charge in [-0.25, -0.2) is 9.59 Å². The van der Waals surface area contributed by atoms with Gasteiger partial charge < -0.3 is 4.74 Å². The monoisotopic (exact) mass is 296 g/mol. The molecule has 0 amide bonds. The zero-order valence-electron chi connectivity index (χ0n) is 11.8. The van der Waals surface area contributed by atoms with E-state index in [4.69, 9.17) is 4.74 Å². The summed E-state index contributed by atoms with van der Waals surface area (Å²) < 4.78 is 7.55. The molecule has 2 aromatic heterocycles. The van der Waals surface area contributed by atoms with Crippen molar-refractivity contribution in [2.75, 3.05) is 6.61 Å². The number of fused-ring (bicyclic) bond motifs is 1. The zero-order chi connectivity index (χ0) is 15.0. The van der Waals surface area contributed by atoms with Gasteiger partial charge in [0, 0.05) is 13.6 Å². The van der Waals surface area contributed by atoms with E-state index in [0.29, 0.717) is 27.2 Å². The van der Waals surface area contributed by atoms with E-state index in [1.165, 1.54) is 4.57 Å². The quantitative estimate of drug-likeness (QED) is 0.800. The van der Waals surface area contributed by atoms with Crippen LogP contribution in [0.25, 0.3) is 10.2 Å². The third kappa shape index (κ3) is 1.98. The number of carbonyl (C=O) groups is 1. The second-order valence-electron chi connectivity index (χ2n) is 4.35. The van der Waals surface area contributed by atoms with Gasteiger partial charge in [-0.05, 0) is 26.3 Å². The third-order valence-electron chi connectivity index (χ3n) is 3.19. The van der Waals surface area contributed by atoms with Gasteiger partial charge in [0.15, 0.2) is 0 Å². The fourth-order valence-electron chi connectivity index (χ4n) is 2.15. The number of aromatic nitrogens is 2. The highest BCUT2D eigenvalue weighted by atomic mass is 32.1. The predicted octanol–water partition coefficient (Wildman–Crippen LogP) is 1.27. The van der Waals surface area contributed by atoms with Gasteiger partial charge in [-0.15, -0.1) is 11.3 Å². The summed E-state index contributed by atoms with van der Waals surface area (Å²) in [5.74, 6) is -0.457. The highest BCUT2D eigenvalue weighted by Gasteiger charge is 2.22. The number of esters is 1. The molecule has 2 rings (SSSR count). The average Bonchev–Trinajstić information content (AvgIpc) is 2.75. The van der Waals surface area contributed by atoms with Crippen LogP contribution in [-0.2, 0) is 18.3 Å². The molecule has 2 aromatic rings. The van der Waals surface area contributed by atoms with Gasteiger partial charge in [0.1, 0.15) is 9.71 Å². The molecule has 7 heteroatoms. The first kappa shape index (κ1) is 14.5. The molecule has 2 heterocycles. The lowest BCUT2D eigenvalue weighted by Gasteiger charge is -2.05. The summed E-state index contributed by atoms with van der Waals surface area (Å²) in [6.45, 7) is 5.73. The Kier molecular flexibility index (Phi) is 3.80. The predicted molar refractivity (Wildman–Crippen MR) is 77.7 cm³/mol. The van der Waals surface area contributed by atoms with Crippen molar-refractivity contribution >= 4 is 27.5 Å². The molecule has 0 saturated heterocycles. The number of aryl methyl sites for hydroxylation is 2. The first-order valence-electron chi connectivity index (χ1n) is 6.34. The minimum absolute atomic E-state index is 0.268. The largest absolute Gasteiger partial charge is 0.462 e. The van der Waals surface area contributed by atoms with Crippen LogP contribution >= 0.6 is 11.3 Å². The summed E-state index contributed by atoms with van der Waals surface area (Å²) in [6, 6.07) is 0. The minimum atomic E-state index is -0.457. The lowest BCUT2D eigenvalue weighted by Crippen LogP contribution is -2.38. The summed E-state index contributed by atoms with van der Waals surface area (Å²) in [5, 5.41) is 0.419. The molecule has 0 radical (unpaired) electrons. The molecular weight excluding hydrogens is 280 g/mol. The van der Waals surface area contributed by atoms with E-state index in [9.17, 15) is 14.4 Å². The van der Waals surface area contributed by atoms with Gasteiger partial charge in [0.2, 0.25) is 0 Å². The Balaban J connectivity index is 2.89. The molecule has 0 atom stereocenters. The molecule has 0 unspecified atom stereocenters. The van der Waals surface area contributed by atoms with Crippen LogP contribution in [0, 0.1) is 6.92 Å². The lowest BCUT2D eigenvalue weighted by molar-refractivity contribution is 0.0531. The Labute approximate surface area is 119 Å². The second-order valence-corrected chi connectivity index (χ2v) is 5.35. The Hall–Kier alpha value is -1.89. The number of carbonyl (C=O) groups excluding carboxylic acids is 1. The minimum Gasteiger partial charge on any atom is -0.462 e. The number of thiophene rings is 1. The number of hydrogen-bond acceptors (Lipinski definition) is 5. The van der Waals surface area contributed by atoms with Crippen LogP contribution in [-0.4, -0.2) is 21.7 Å². The summed E-state index contributed by atoms with van der Waals surface area (Å²) in [6.07, 6.45) is 0. The molecule has 0 N–H and O–H groups in total. The van der Waals surface area contributed by atoms with Gasteiger partial charge in [-0.1, -0.05) is 0 Å². The SMILES string of the molecule is CCOC(=O)c1sc2c(c1C)c(=O)n(CC)c(=O)n2C. The second kappa shape index (κ2) is 5.24. The van der Waals surface area contributed by atoms with Crippen molar-refractivity contribution in [3.8, 4) is 0 Å². The van der Waals surface area contributed by atoms with Crippen molar-refractivity contribution in [2.24, 2.45) is 7.05 Å². The summed E-state index contributed by atoms with van der Waals surface area (Å²) in [4.78, 5) is 37.2. The lowest BCUT2D eigenvalue weighted by atomic mass is 10.2. The number of nitrogens with zero attached hydrogens (tertiary/aromatic N) is 2. The molecule has 0 fully saturated rings. The summed E-state index contributed by atoms with van der Waals surface area (Å²) in [5.41, 5.74) is -0.150. The van der Waals surface area contributed by atoms with Gasteiger partial charge in [-0.3, -0.25) is 13.9 Å². The van der Waals surface area contributed by atoms with Gasteiger partial charge in [0.05, 0.1) is 12.0 Å². The van der Waals surface area contributed by atoms with Gasteiger partial charge in [-0.2, -0.15) is 0 Å². The standard InChI is InChI=1S/C13H16N2O4S/c1-5-15-10(16)8-7(3)9(12(17)19-6-2)20-11(8)14(4)13(15)18/h5-6H2,1-4H3. The highest BCUT2D eigenvalue weighted by Crippen LogP contribution is 2.27. The zero-order valence-corrected chi connectivity index (χ0v) is 12.7. The Morgan fingerprint density at radius 1 is 1.30 bits per heavy atom. The molecule has 0 aromatic carbocycles. The van der Waals surface area contributed by atoms with Crippen molar-refractivity contribution in [2.45, 2.75) is 27.3 Å². The van der Waals surface area contributed by atoms with Gasteiger partial charge in [0.25, 0.3) is 5.56 Å². The molecule has 0 aliphatic rings. The van der Waals surface area contributed by atoms with Crippen molar-refractivity contribution in [3.05, 3.63) is 31.3 Å². The molecule has 108 valence electrons. The molecular formula is C13H16N2O4S. The van der Waals surface area contributed by atoms with E-state index in [-0.39, 0.29) is 17.9 Å². The molecule has 0 saturated carbocycles. The topological polar surface area (TPSA) is 70.3 Å². The third-order valence-corrected chi connectivity index (χ3v) is 4.54. The number of rotatable bonds is 3. The molecule has 0 aliphatic heterocycles. The Morgan fingerprint density at radius 2 is 1.95 bits per heavy atom. The fraction of sp³-hybridized carbons (Fsp3) is 0.462. The highest BCUT2D eigenvalue weighted by molar-refractivity contribution is 7.20. The molecule has 0 spiro atoms. The van der Waals surface area contributed by atoms with Gasteiger partial charge >= 0.3 is 11.7 Å². The van der Waals surface area contributed by atoms with Crippen LogP contribution in [0.5, 0.6) is 0 Å². The van der Waals surface area contributed by atoms with E-state index < -0.39 is 5.97 Å². The normalized spacial score (nSPS) is 11.0. The van der Waals surface area contributed by atoms with E-state index >= 15 is 0 Å². The van der Waals surface area contributed by atoms with Crippen LogP contribution in [0.1, 0.15) is 29.1 Å². The van der Waals surface area contributed by atoms with Crippen molar-refractivity contribution < 1.29 is 9.53 Å². The van der Waals surface area contributed by atoms with E-state index in [2.05, 4.69) is 0 Å². The van der Waals surface area contributed by atoms with Crippen LogP contribution in [0.4, 0.5) is 0 Å². The average molecular weight is 296 g/mol. The Morgan fingerprint density at radius 3 is 2.50 bits per heavy atom. The number of ether oxygens (including phenoxy) is 1.